The highest BCUT2D eigenvalue weighted by atomic mass is 32.2. The number of amides is 1. The van der Waals surface area contributed by atoms with E-state index >= 15 is 0 Å². The van der Waals surface area contributed by atoms with Gasteiger partial charge in [-0.1, -0.05) is 18.2 Å². The van der Waals surface area contributed by atoms with E-state index in [2.05, 4.69) is 11.5 Å². The molecule has 2 aromatic rings. The maximum atomic E-state index is 13.9. The Hall–Kier alpha value is -2.99. The number of nitrogens with zero attached hydrogens (tertiary/aromatic N) is 2. The summed E-state index contributed by atoms with van der Waals surface area (Å²) in [6, 6.07) is 7.64. The topological polar surface area (TPSA) is 128 Å². The molecule has 3 heterocycles. The summed E-state index contributed by atoms with van der Waals surface area (Å²) in [5.74, 6) is -0.0801. The molecule has 208 valence electrons. The van der Waals surface area contributed by atoms with E-state index in [4.69, 9.17) is 9.29 Å². The van der Waals surface area contributed by atoms with Gasteiger partial charge in [0.05, 0.1) is 23.3 Å². The lowest BCUT2D eigenvalue weighted by Crippen LogP contribution is -2.78. The molecule has 5 atom stereocenters. The van der Waals surface area contributed by atoms with E-state index in [1.165, 1.54) is 12.1 Å². The van der Waals surface area contributed by atoms with Crippen molar-refractivity contribution in [2.24, 2.45) is 0 Å². The first-order chi connectivity index (χ1) is 18.4. The van der Waals surface area contributed by atoms with Crippen molar-refractivity contribution in [1.29, 1.82) is 0 Å². The molecule has 3 N–H and O–H groups in total. The molecule has 2 aromatic carbocycles. The van der Waals surface area contributed by atoms with Crippen LogP contribution in [-0.2, 0) is 28.5 Å². The number of aliphatic hydroxyl groups is 1. The number of halogens is 1. The summed E-state index contributed by atoms with van der Waals surface area (Å²) in [6.45, 7) is 5.79. The lowest BCUT2D eigenvalue weighted by atomic mass is 9.48. The fraction of sp³-hybridized carbons (Fsp3) is 0.464. The first-order valence-electron chi connectivity index (χ1n) is 13.0. The average molecular weight is 559 g/mol. The van der Waals surface area contributed by atoms with Crippen molar-refractivity contribution in [3.8, 4) is 11.5 Å². The lowest BCUT2D eigenvalue weighted by Gasteiger charge is -2.64. The third kappa shape index (κ3) is 3.74. The second kappa shape index (κ2) is 8.76. The smallest absolute Gasteiger partial charge is 0.261 e. The van der Waals surface area contributed by atoms with Crippen LogP contribution >= 0.6 is 0 Å². The predicted molar refractivity (Wildman–Crippen MR) is 140 cm³/mol. The van der Waals surface area contributed by atoms with Crippen LogP contribution in [0.4, 0.5) is 4.39 Å². The maximum absolute atomic E-state index is 13.9. The van der Waals surface area contributed by atoms with Crippen molar-refractivity contribution < 1.29 is 37.1 Å². The normalized spacial score (nSPS) is 32.1. The Labute approximate surface area is 226 Å². The minimum absolute atomic E-state index is 0.0775. The minimum atomic E-state index is -3.67. The summed E-state index contributed by atoms with van der Waals surface area (Å²) >= 11 is 0. The molecule has 2 aliphatic carbocycles. The number of benzene rings is 2. The van der Waals surface area contributed by atoms with Gasteiger partial charge in [-0.2, -0.15) is 8.42 Å². The number of ether oxygens (including phenoxy) is 1. The Morgan fingerprint density at radius 1 is 1.23 bits per heavy atom. The molecule has 7 rings (SSSR count). The molecule has 1 saturated heterocycles. The van der Waals surface area contributed by atoms with Crippen molar-refractivity contribution in [1.82, 2.24) is 9.80 Å². The van der Waals surface area contributed by atoms with E-state index in [-0.39, 0.29) is 23.7 Å². The van der Waals surface area contributed by atoms with Gasteiger partial charge in [-0.15, -0.1) is 6.58 Å². The van der Waals surface area contributed by atoms with Gasteiger partial charge in [0.1, 0.15) is 11.9 Å². The van der Waals surface area contributed by atoms with Crippen molar-refractivity contribution in [3.63, 3.8) is 0 Å². The number of carbonyl (C=O) groups is 1. The van der Waals surface area contributed by atoms with Crippen LogP contribution in [0, 0.1) is 5.82 Å². The number of carbonyl (C=O) groups excluding carboxylic acids is 1. The van der Waals surface area contributed by atoms with Crippen LogP contribution in [0.5, 0.6) is 11.5 Å². The second-order valence-corrected chi connectivity index (χ2v) is 12.7. The van der Waals surface area contributed by atoms with Crippen molar-refractivity contribution in [2.75, 3.05) is 19.3 Å². The third-order valence-electron chi connectivity index (χ3n) is 9.21. The Bertz CT molecular complexity index is 1490. The standard InChI is InChI=1S/C27H27FN2O4.CH4O3S/c1-2-10-29-11-9-26-22-15-4-6-20(31)23(22)34-24(26)19(7-8-27(26,33)21(29)12-15)30-14-16-3-5-17(28)13-18(16)25(30)32;1-5(2,3)4/h2-6,13,19,21,24,31,33H,1,7-12,14H2;1H3,(H,2,3,4)/t19-,21-,24+,26+,27-;/m1./s1. The van der Waals surface area contributed by atoms with Gasteiger partial charge < -0.3 is 19.8 Å². The van der Waals surface area contributed by atoms with Crippen molar-refractivity contribution in [2.45, 2.75) is 61.4 Å². The Morgan fingerprint density at radius 3 is 2.67 bits per heavy atom. The van der Waals surface area contributed by atoms with Gasteiger partial charge in [0.15, 0.2) is 11.5 Å². The zero-order chi connectivity index (χ0) is 27.9. The largest absolute Gasteiger partial charge is 0.504 e. The summed E-state index contributed by atoms with van der Waals surface area (Å²) in [7, 11) is -3.67. The highest BCUT2D eigenvalue weighted by Crippen LogP contribution is 2.66. The SMILES string of the molecule is C=CCN1CC[C@]23c4c5ccc(O)c4O[C@H]2[C@H](N2Cc4ccc(F)cc4C2=O)CC[C@@]3(O)[C@H]1C5.CS(=O)(=O)O. The quantitative estimate of drug-likeness (QED) is 0.387. The van der Waals surface area contributed by atoms with E-state index in [0.29, 0.717) is 56.3 Å². The molecule has 3 aliphatic heterocycles. The zero-order valence-corrected chi connectivity index (χ0v) is 22.3. The molecular formula is C28H31FN2O7S. The molecule has 1 saturated carbocycles. The van der Waals surface area contributed by atoms with Crippen molar-refractivity contribution in [3.05, 3.63) is 71.1 Å². The van der Waals surface area contributed by atoms with E-state index in [1.54, 1.807) is 17.0 Å². The molecule has 9 nitrogen and oxygen atoms in total. The number of phenols is 1. The number of fused-ring (bicyclic) bond motifs is 1. The molecule has 0 radical (unpaired) electrons. The second-order valence-electron chi connectivity index (χ2n) is 11.2. The molecular weight excluding hydrogens is 527 g/mol. The van der Waals surface area contributed by atoms with Crippen LogP contribution in [0.3, 0.4) is 0 Å². The van der Waals surface area contributed by atoms with E-state index in [0.717, 1.165) is 23.2 Å². The molecule has 2 fully saturated rings. The minimum Gasteiger partial charge on any atom is -0.504 e. The number of hydrogen-bond donors (Lipinski definition) is 3. The fourth-order valence-electron chi connectivity index (χ4n) is 7.87. The average Bonchev–Trinajstić information content (AvgIpc) is 3.37. The first-order valence-corrected chi connectivity index (χ1v) is 14.8. The maximum Gasteiger partial charge on any atom is 0.261 e. The number of rotatable bonds is 3. The van der Waals surface area contributed by atoms with Gasteiger partial charge >= 0.3 is 0 Å². The molecule has 39 heavy (non-hydrogen) atoms. The molecule has 11 heteroatoms. The van der Waals surface area contributed by atoms with Crippen LogP contribution in [0.25, 0.3) is 0 Å². The van der Waals surface area contributed by atoms with E-state index in [1.807, 2.05) is 12.1 Å². The fourth-order valence-corrected chi connectivity index (χ4v) is 7.87. The zero-order valence-electron chi connectivity index (χ0n) is 21.5. The molecule has 1 amide bonds. The Balaban J connectivity index is 0.000000510. The van der Waals surface area contributed by atoms with Gasteiger partial charge in [-0.25, -0.2) is 4.39 Å². The van der Waals surface area contributed by atoms with E-state index in [9.17, 15) is 27.8 Å². The van der Waals surface area contributed by atoms with E-state index < -0.39 is 33.1 Å². The first kappa shape index (κ1) is 26.2. The predicted octanol–water partition coefficient (Wildman–Crippen LogP) is 2.40. The summed E-state index contributed by atoms with van der Waals surface area (Å²) < 4.78 is 46.3. The number of aromatic hydroxyl groups is 1. The van der Waals surface area contributed by atoms with Crippen LogP contribution in [0.15, 0.2) is 43.0 Å². The molecule has 2 bridgehead atoms. The summed E-state index contributed by atoms with van der Waals surface area (Å²) in [5.41, 5.74) is 1.49. The Kier molecular flexibility index (Phi) is 5.89. The number of hydrogen-bond acceptors (Lipinski definition) is 7. The number of likely N-dealkylation sites (tertiary alicyclic amines) is 1. The van der Waals surface area contributed by atoms with Gasteiger partial charge in [0.2, 0.25) is 0 Å². The molecule has 1 spiro atoms. The van der Waals surface area contributed by atoms with Gasteiger partial charge in [0, 0.05) is 30.3 Å². The van der Waals surface area contributed by atoms with Crippen LogP contribution in [-0.4, -0.2) is 82.0 Å². The summed E-state index contributed by atoms with van der Waals surface area (Å²) in [6.07, 6.45) is 4.57. The van der Waals surface area contributed by atoms with Crippen molar-refractivity contribution >= 4 is 16.0 Å². The number of phenolic OH excluding ortho intramolecular Hbond substituents is 1. The van der Waals surface area contributed by atoms with Crippen LogP contribution in [0.1, 0.15) is 46.3 Å². The summed E-state index contributed by atoms with van der Waals surface area (Å²) in [5, 5.41) is 23.2. The highest BCUT2D eigenvalue weighted by molar-refractivity contribution is 7.85. The monoisotopic (exact) mass is 558 g/mol. The molecule has 5 aliphatic rings. The van der Waals surface area contributed by atoms with Crippen LogP contribution in [0.2, 0.25) is 0 Å². The molecule has 0 unspecified atom stereocenters. The van der Waals surface area contributed by atoms with Gasteiger partial charge in [0.25, 0.3) is 16.0 Å². The van der Waals surface area contributed by atoms with Gasteiger partial charge in [-0.3, -0.25) is 14.2 Å². The Morgan fingerprint density at radius 2 is 1.95 bits per heavy atom. The number of piperidine rings is 1. The molecule has 0 aromatic heterocycles. The lowest BCUT2D eigenvalue weighted by molar-refractivity contribution is -0.196. The highest BCUT2D eigenvalue weighted by Gasteiger charge is 2.73. The third-order valence-corrected chi connectivity index (χ3v) is 9.21. The summed E-state index contributed by atoms with van der Waals surface area (Å²) in [4.78, 5) is 17.5. The van der Waals surface area contributed by atoms with Gasteiger partial charge in [-0.05, 0) is 61.6 Å². The van der Waals surface area contributed by atoms with Crippen LogP contribution < -0.4 is 4.74 Å².